The quantitative estimate of drug-likeness (QED) is 0.620. The molecule has 3 rings (SSSR count). The van der Waals surface area contributed by atoms with E-state index in [4.69, 9.17) is 17.3 Å². The van der Waals surface area contributed by atoms with E-state index in [1.165, 1.54) is 0 Å². The summed E-state index contributed by atoms with van der Waals surface area (Å²) in [5, 5.41) is 3.54. The molecule has 21 heavy (non-hydrogen) atoms. The second-order valence-corrected chi connectivity index (χ2v) is 6.03. The Balaban J connectivity index is 1.53. The van der Waals surface area contributed by atoms with Crippen LogP contribution in [0, 0.1) is 0 Å². The molecule has 1 aromatic rings. The Morgan fingerprint density at radius 2 is 2.19 bits per heavy atom. The molecule has 1 aliphatic heterocycles. The summed E-state index contributed by atoms with van der Waals surface area (Å²) in [6, 6.07) is 0. The Hall–Kier alpha value is -1.56. The van der Waals surface area contributed by atoms with Crippen LogP contribution in [-0.4, -0.2) is 40.4 Å². The maximum absolute atomic E-state index is 11.5. The molecule has 1 aromatic heterocycles. The zero-order chi connectivity index (χ0) is 14.8. The molecule has 3 N–H and O–H groups in total. The number of anilines is 2. The number of likely N-dealkylation sites (tertiary alicyclic amines) is 1. The highest BCUT2D eigenvalue weighted by molar-refractivity contribution is 6.32. The van der Waals surface area contributed by atoms with Crippen molar-refractivity contribution in [1.29, 1.82) is 0 Å². The van der Waals surface area contributed by atoms with Crippen LogP contribution in [0.5, 0.6) is 0 Å². The van der Waals surface area contributed by atoms with Crippen LogP contribution in [0.3, 0.4) is 0 Å². The van der Waals surface area contributed by atoms with Crippen molar-refractivity contribution in [3.05, 3.63) is 11.0 Å². The van der Waals surface area contributed by atoms with Crippen LogP contribution in [0.4, 0.5) is 11.5 Å². The second kappa shape index (κ2) is 6.05. The number of rotatable bonds is 6. The van der Waals surface area contributed by atoms with E-state index in [9.17, 15) is 4.79 Å². The fourth-order valence-corrected chi connectivity index (χ4v) is 2.71. The van der Waals surface area contributed by atoms with E-state index in [1.54, 1.807) is 0 Å². The third-order valence-electron chi connectivity index (χ3n) is 3.93. The first-order chi connectivity index (χ1) is 10.1. The molecular formula is C14H20ClN5O. The molecule has 114 valence electrons. The number of nitrogens with one attached hydrogen (secondary N) is 1. The van der Waals surface area contributed by atoms with Gasteiger partial charge in [-0.15, -0.1) is 0 Å². The van der Waals surface area contributed by atoms with Crippen molar-refractivity contribution < 1.29 is 4.79 Å². The van der Waals surface area contributed by atoms with E-state index < -0.39 is 0 Å². The minimum absolute atomic E-state index is 0.260. The Morgan fingerprint density at radius 1 is 1.38 bits per heavy atom. The molecule has 2 heterocycles. The molecule has 7 heteroatoms. The van der Waals surface area contributed by atoms with Crippen molar-refractivity contribution in [2.24, 2.45) is 0 Å². The summed E-state index contributed by atoms with van der Waals surface area (Å²) in [6.07, 6.45) is 4.78. The van der Waals surface area contributed by atoms with Crippen molar-refractivity contribution in [2.75, 3.05) is 30.7 Å². The summed E-state index contributed by atoms with van der Waals surface area (Å²) in [6.45, 7) is 2.37. The minimum atomic E-state index is 0.260. The molecule has 0 spiro atoms. The van der Waals surface area contributed by atoms with E-state index in [0.717, 1.165) is 44.6 Å². The molecule has 2 aliphatic rings. The van der Waals surface area contributed by atoms with Crippen LogP contribution in [0.15, 0.2) is 0 Å². The van der Waals surface area contributed by atoms with Gasteiger partial charge in [-0.2, -0.15) is 0 Å². The number of hydrogen-bond donors (Lipinski definition) is 2. The van der Waals surface area contributed by atoms with Gasteiger partial charge in [-0.05, 0) is 25.7 Å². The van der Waals surface area contributed by atoms with Crippen LogP contribution < -0.4 is 11.1 Å². The van der Waals surface area contributed by atoms with Gasteiger partial charge < -0.3 is 16.0 Å². The molecule has 1 aliphatic carbocycles. The molecule has 0 atom stereocenters. The largest absolute Gasteiger partial charge is 0.393 e. The van der Waals surface area contributed by atoms with Crippen LogP contribution in [0.1, 0.15) is 43.8 Å². The number of nitrogens with zero attached hydrogens (tertiary/aromatic N) is 3. The van der Waals surface area contributed by atoms with Crippen molar-refractivity contribution in [1.82, 2.24) is 14.9 Å². The highest BCUT2D eigenvalue weighted by Gasteiger charge is 2.28. The summed E-state index contributed by atoms with van der Waals surface area (Å²) in [5.74, 6) is 2.09. The third kappa shape index (κ3) is 3.37. The summed E-state index contributed by atoms with van der Waals surface area (Å²) in [5.41, 5.74) is 6.32. The molecule has 1 saturated carbocycles. The lowest BCUT2D eigenvalue weighted by Gasteiger charge is -2.16. The fourth-order valence-electron chi connectivity index (χ4n) is 2.53. The number of hydrogen-bond acceptors (Lipinski definition) is 5. The van der Waals surface area contributed by atoms with E-state index in [-0.39, 0.29) is 5.91 Å². The second-order valence-electron chi connectivity index (χ2n) is 5.67. The number of nitrogens with two attached hydrogens (primary N) is 1. The number of halogens is 1. The van der Waals surface area contributed by atoms with Gasteiger partial charge in [0.1, 0.15) is 11.5 Å². The molecule has 1 amide bonds. The summed E-state index contributed by atoms with van der Waals surface area (Å²) < 4.78 is 0. The Labute approximate surface area is 129 Å². The van der Waals surface area contributed by atoms with Crippen LogP contribution in [0.2, 0.25) is 5.15 Å². The molecular weight excluding hydrogens is 290 g/mol. The lowest BCUT2D eigenvalue weighted by molar-refractivity contribution is -0.127. The predicted octanol–water partition coefficient (Wildman–Crippen LogP) is 2.01. The molecule has 1 saturated heterocycles. The van der Waals surface area contributed by atoms with Gasteiger partial charge in [0.05, 0.1) is 0 Å². The third-order valence-corrected chi connectivity index (χ3v) is 4.22. The van der Waals surface area contributed by atoms with Crippen molar-refractivity contribution in [2.45, 2.75) is 38.0 Å². The Morgan fingerprint density at radius 3 is 2.86 bits per heavy atom. The maximum atomic E-state index is 11.5. The van der Waals surface area contributed by atoms with Crippen LogP contribution in [-0.2, 0) is 4.79 Å². The van der Waals surface area contributed by atoms with Crippen LogP contribution >= 0.6 is 11.6 Å². The first-order valence-corrected chi connectivity index (χ1v) is 7.87. The molecule has 2 fully saturated rings. The average Bonchev–Trinajstić information content (AvgIpc) is 3.23. The average molecular weight is 310 g/mol. The van der Waals surface area contributed by atoms with Gasteiger partial charge in [-0.3, -0.25) is 4.79 Å². The topological polar surface area (TPSA) is 84.1 Å². The summed E-state index contributed by atoms with van der Waals surface area (Å²) in [4.78, 5) is 22.1. The van der Waals surface area contributed by atoms with Gasteiger partial charge in [0.2, 0.25) is 5.91 Å². The zero-order valence-corrected chi connectivity index (χ0v) is 12.7. The number of nitrogen functional groups attached to an aromatic ring is 1. The number of aromatic nitrogens is 2. The monoisotopic (exact) mass is 309 g/mol. The molecule has 0 bridgehead atoms. The smallest absolute Gasteiger partial charge is 0.222 e. The van der Waals surface area contributed by atoms with Crippen molar-refractivity contribution in [3.8, 4) is 0 Å². The molecule has 0 unspecified atom stereocenters. The van der Waals surface area contributed by atoms with Crippen molar-refractivity contribution >= 4 is 29.0 Å². The predicted molar refractivity (Wildman–Crippen MR) is 82.4 cm³/mol. The van der Waals surface area contributed by atoms with Gasteiger partial charge in [0, 0.05) is 32.0 Å². The SMILES string of the molecule is Nc1c(Cl)nc(C2CC2)nc1NCCCN1CCCC1=O. The van der Waals surface area contributed by atoms with Gasteiger partial charge in [-0.25, -0.2) is 9.97 Å². The zero-order valence-electron chi connectivity index (χ0n) is 11.9. The van der Waals surface area contributed by atoms with E-state index in [2.05, 4.69) is 15.3 Å². The van der Waals surface area contributed by atoms with Gasteiger partial charge in [0.15, 0.2) is 11.0 Å². The summed E-state index contributed by atoms with van der Waals surface area (Å²) >= 11 is 6.06. The number of carbonyl (C=O) groups excluding carboxylic acids is 1. The Kier molecular flexibility index (Phi) is 4.14. The highest BCUT2D eigenvalue weighted by Crippen LogP contribution is 2.40. The lowest BCUT2D eigenvalue weighted by atomic mass is 10.3. The lowest BCUT2D eigenvalue weighted by Crippen LogP contribution is -2.27. The Bertz CT molecular complexity index is 546. The molecule has 0 radical (unpaired) electrons. The van der Waals surface area contributed by atoms with E-state index in [1.807, 2.05) is 4.90 Å². The van der Waals surface area contributed by atoms with Gasteiger partial charge in [0.25, 0.3) is 0 Å². The van der Waals surface area contributed by atoms with Crippen molar-refractivity contribution in [3.63, 3.8) is 0 Å². The number of carbonyl (C=O) groups is 1. The van der Waals surface area contributed by atoms with Gasteiger partial charge >= 0.3 is 0 Å². The molecule has 6 nitrogen and oxygen atoms in total. The maximum Gasteiger partial charge on any atom is 0.222 e. The van der Waals surface area contributed by atoms with E-state index in [0.29, 0.717) is 35.5 Å². The van der Waals surface area contributed by atoms with Gasteiger partial charge in [-0.1, -0.05) is 11.6 Å². The molecule has 0 aromatic carbocycles. The minimum Gasteiger partial charge on any atom is -0.393 e. The fraction of sp³-hybridized carbons (Fsp3) is 0.643. The normalized spacial score (nSPS) is 18.3. The standard InChI is InChI=1S/C14H20ClN5O/c15-12-11(16)14(19-13(18-12)9-4-5-9)17-6-2-8-20-7-1-3-10(20)21/h9H,1-8,16H2,(H,17,18,19). The van der Waals surface area contributed by atoms with E-state index >= 15 is 0 Å². The van der Waals surface area contributed by atoms with Crippen LogP contribution in [0.25, 0.3) is 0 Å². The highest BCUT2D eigenvalue weighted by atomic mass is 35.5. The number of amides is 1. The first kappa shape index (κ1) is 14.4. The summed E-state index contributed by atoms with van der Waals surface area (Å²) in [7, 11) is 0. The first-order valence-electron chi connectivity index (χ1n) is 7.49.